The lowest BCUT2D eigenvalue weighted by molar-refractivity contribution is 0.0660. The van der Waals surface area contributed by atoms with Crippen LogP contribution in [0.25, 0.3) is 21.9 Å². The lowest BCUT2D eigenvalue weighted by Gasteiger charge is -2.11. The van der Waals surface area contributed by atoms with Crippen molar-refractivity contribution in [3.8, 4) is 0 Å². The molecule has 0 fully saturated rings. The molecule has 7 nitrogen and oxygen atoms in total. The number of carboxylic acid groups (broad SMARTS) is 2. The number of carboxylic acids is 2. The number of rotatable bonds is 4. The maximum atomic E-state index is 12.3. The van der Waals surface area contributed by atoms with Gasteiger partial charge in [0.25, 0.3) is 0 Å². The summed E-state index contributed by atoms with van der Waals surface area (Å²) in [5, 5.41) is 19.0. The molecule has 3 rings (SSSR count). The number of hydrogen-bond donors (Lipinski definition) is 2. The number of carbonyl (C=O) groups is 2. The molecule has 0 saturated carbocycles. The molecular weight excluding hydrogens is 350 g/mol. The molecular formula is C17H12ClNO6. The van der Waals surface area contributed by atoms with Crippen LogP contribution in [0.4, 0.5) is 0 Å². The van der Waals surface area contributed by atoms with Crippen LogP contribution in [-0.2, 0) is 6.42 Å². The Kier molecular flexibility index (Phi) is 4.18. The van der Waals surface area contributed by atoms with E-state index in [-0.39, 0.29) is 21.7 Å². The van der Waals surface area contributed by atoms with E-state index in [4.69, 9.17) is 21.1 Å². The van der Waals surface area contributed by atoms with Crippen LogP contribution in [0.3, 0.4) is 0 Å². The fraction of sp³-hybridized carbons (Fsp3) is 0.176. The van der Waals surface area contributed by atoms with Crippen molar-refractivity contribution >= 4 is 45.4 Å². The Morgan fingerprint density at radius 1 is 1.20 bits per heavy atom. The minimum absolute atomic E-state index is 0.0478. The Morgan fingerprint density at radius 3 is 2.52 bits per heavy atom. The van der Waals surface area contributed by atoms with Crippen LogP contribution in [0, 0.1) is 0 Å². The molecule has 128 valence electrons. The van der Waals surface area contributed by atoms with Gasteiger partial charge in [-0.15, -0.1) is 0 Å². The maximum Gasteiger partial charge on any atom is 0.371 e. The third kappa shape index (κ3) is 2.83. The van der Waals surface area contributed by atoms with E-state index < -0.39 is 23.1 Å². The minimum Gasteiger partial charge on any atom is -0.476 e. The summed E-state index contributed by atoms with van der Waals surface area (Å²) in [4.78, 5) is 38.9. The molecule has 8 heteroatoms. The maximum absolute atomic E-state index is 12.3. The molecule has 2 N–H and O–H groups in total. The van der Waals surface area contributed by atoms with E-state index in [1.54, 1.807) is 0 Å². The molecule has 0 radical (unpaired) electrons. The quantitative estimate of drug-likeness (QED) is 0.684. The van der Waals surface area contributed by atoms with Gasteiger partial charge in [0.15, 0.2) is 11.1 Å². The summed E-state index contributed by atoms with van der Waals surface area (Å²) in [5.74, 6) is -3.13. The van der Waals surface area contributed by atoms with Gasteiger partial charge in [0.1, 0.15) is 5.58 Å². The zero-order valence-corrected chi connectivity index (χ0v) is 13.8. The number of pyridine rings is 1. The first kappa shape index (κ1) is 16.9. The molecule has 0 bridgehead atoms. The van der Waals surface area contributed by atoms with E-state index in [1.807, 2.05) is 6.92 Å². The Morgan fingerprint density at radius 2 is 1.92 bits per heavy atom. The fourth-order valence-corrected chi connectivity index (χ4v) is 2.96. The monoisotopic (exact) mass is 361 g/mol. The Bertz CT molecular complexity index is 1100. The smallest absolute Gasteiger partial charge is 0.371 e. The summed E-state index contributed by atoms with van der Waals surface area (Å²) < 4.78 is 5.41. The third-order valence-electron chi connectivity index (χ3n) is 3.76. The topological polar surface area (TPSA) is 118 Å². The fourth-order valence-electron chi connectivity index (χ4n) is 2.72. The van der Waals surface area contributed by atoms with E-state index >= 15 is 0 Å². The number of nitrogens with zero attached hydrogens (tertiary/aromatic N) is 1. The van der Waals surface area contributed by atoms with Crippen LogP contribution < -0.4 is 5.43 Å². The Labute approximate surface area is 145 Å². The summed E-state index contributed by atoms with van der Waals surface area (Å²) in [7, 11) is 0. The Balaban J connectivity index is 2.53. The summed E-state index contributed by atoms with van der Waals surface area (Å²) >= 11 is 5.96. The molecule has 2 aromatic heterocycles. The summed E-state index contributed by atoms with van der Waals surface area (Å²) in [5.41, 5.74) is 0.0839. The van der Waals surface area contributed by atoms with Gasteiger partial charge in [0.2, 0.25) is 5.76 Å². The molecule has 0 aliphatic carbocycles. The summed E-state index contributed by atoms with van der Waals surface area (Å²) in [6, 6.07) is 3.81. The molecule has 0 amide bonds. The van der Waals surface area contributed by atoms with Crippen molar-refractivity contribution in [3.05, 3.63) is 50.5 Å². The highest BCUT2D eigenvalue weighted by atomic mass is 35.5. The number of aromatic nitrogens is 1. The highest BCUT2D eigenvalue weighted by molar-refractivity contribution is 6.34. The van der Waals surface area contributed by atoms with Gasteiger partial charge >= 0.3 is 11.9 Å². The Hall–Kier alpha value is -2.93. The van der Waals surface area contributed by atoms with Crippen molar-refractivity contribution in [2.75, 3.05) is 0 Å². The van der Waals surface area contributed by atoms with Crippen LogP contribution in [0.2, 0.25) is 5.02 Å². The van der Waals surface area contributed by atoms with E-state index in [2.05, 4.69) is 4.98 Å². The number of halogens is 1. The summed E-state index contributed by atoms with van der Waals surface area (Å²) in [6.07, 6.45) is 1.08. The standard InChI is InChI=1S/C17H12ClNO6/c1-2-3-8-13-7(5-10(18)14(19-13)17(23)24)4-9-11(20)6-12(16(21)22)25-15(8)9/h4-6H,2-3H2,1H3,(H,21,22)(H,23,24). The van der Waals surface area contributed by atoms with E-state index in [1.165, 1.54) is 12.1 Å². The predicted octanol–water partition coefficient (Wildman–Crippen LogP) is 3.34. The van der Waals surface area contributed by atoms with Crippen molar-refractivity contribution in [2.45, 2.75) is 19.8 Å². The van der Waals surface area contributed by atoms with Gasteiger partial charge in [0.05, 0.1) is 15.9 Å². The number of benzene rings is 1. The van der Waals surface area contributed by atoms with Crippen LogP contribution in [-0.4, -0.2) is 27.1 Å². The van der Waals surface area contributed by atoms with Crippen molar-refractivity contribution in [1.29, 1.82) is 0 Å². The molecule has 0 aliphatic heterocycles. The average Bonchev–Trinajstić information content (AvgIpc) is 2.54. The highest BCUT2D eigenvalue weighted by Crippen LogP contribution is 2.30. The number of aromatic carboxylic acids is 2. The molecule has 1 aromatic carbocycles. The zero-order valence-electron chi connectivity index (χ0n) is 13.0. The number of fused-ring (bicyclic) bond motifs is 2. The normalized spacial score (nSPS) is 11.1. The lowest BCUT2D eigenvalue weighted by atomic mass is 10.0. The number of aryl methyl sites for hydroxylation is 1. The lowest BCUT2D eigenvalue weighted by Crippen LogP contribution is -2.09. The largest absolute Gasteiger partial charge is 0.476 e. The second-order valence-corrected chi connectivity index (χ2v) is 5.86. The number of hydrogen-bond acceptors (Lipinski definition) is 5. The minimum atomic E-state index is -1.36. The van der Waals surface area contributed by atoms with Crippen molar-refractivity contribution in [2.24, 2.45) is 0 Å². The van der Waals surface area contributed by atoms with Crippen molar-refractivity contribution < 1.29 is 24.2 Å². The third-order valence-corrected chi connectivity index (χ3v) is 4.05. The molecule has 0 atom stereocenters. The first-order valence-corrected chi connectivity index (χ1v) is 7.77. The van der Waals surface area contributed by atoms with Gasteiger partial charge in [-0.3, -0.25) is 4.79 Å². The van der Waals surface area contributed by atoms with Crippen LogP contribution >= 0.6 is 11.6 Å². The molecule has 3 aromatic rings. The van der Waals surface area contributed by atoms with Crippen LogP contribution in [0.1, 0.15) is 40.0 Å². The van der Waals surface area contributed by atoms with Gasteiger partial charge in [-0.05, 0) is 18.6 Å². The second-order valence-electron chi connectivity index (χ2n) is 5.46. The molecule has 25 heavy (non-hydrogen) atoms. The van der Waals surface area contributed by atoms with Crippen molar-refractivity contribution in [3.63, 3.8) is 0 Å². The van der Waals surface area contributed by atoms with E-state index in [0.717, 1.165) is 6.07 Å². The predicted molar refractivity (Wildman–Crippen MR) is 90.7 cm³/mol. The molecule has 0 unspecified atom stereocenters. The van der Waals surface area contributed by atoms with Crippen LogP contribution in [0.15, 0.2) is 27.4 Å². The van der Waals surface area contributed by atoms with E-state index in [0.29, 0.717) is 29.3 Å². The SMILES string of the molecule is CCCc1c2nc(C(=O)O)c(Cl)cc2cc2c(=O)cc(C(=O)O)oc12. The second kappa shape index (κ2) is 6.18. The van der Waals surface area contributed by atoms with Crippen molar-refractivity contribution in [1.82, 2.24) is 4.98 Å². The van der Waals surface area contributed by atoms with Gasteiger partial charge in [-0.25, -0.2) is 14.6 Å². The first-order valence-electron chi connectivity index (χ1n) is 7.40. The van der Waals surface area contributed by atoms with Gasteiger partial charge < -0.3 is 14.6 Å². The van der Waals surface area contributed by atoms with Gasteiger partial charge in [-0.1, -0.05) is 24.9 Å². The van der Waals surface area contributed by atoms with E-state index in [9.17, 15) is 19.5 Å². The molecule has 0 saturated heterocycles. The highest BCUT2D eigenvalue weighted by Gasteiger charge is 2.20. The molecule has 2 heterocycles. The average molecular weight is 362 g/mol. The molecule has 0 spiro atoms. The van der Waals surface area contributed by atoms with Gasteiger partial charge in [-0.2, -0.15) is 0 Å². The summed E-state index contributed by atoms with van der Waals surface area (Å²) in [6.45, 7) is 1.89. The van der Waals surface area contributed by atoms with Gasteiger partial charge in [0, 0.05) is 17.0 Å². The van der Waals surface area contributed by atoms with Crippen LogP contribution in [0.5, 0.6) is 0 Å². The first-order chi connectivity index (χ1) is 11.8. The molecule has 0 aliphatic rings. The zero-order chi connectivity index (χ0) is 18.3.